The Hall–Kier alpha value is 0.496. The summed E-state index contributed by atoms with van der Waals surface area (Å²) < 4.78 is 0. The molecule has 3 fully saturated rings. The van der Waals surface area contributed by atoms with Gasteiger partial charge in [0, 0.05) is 58.3 Å². The molecule has 2 amide bonds. The summed E-state index contributed by atoms with van der Waals surface area (Å²) in [7, 11) is 2.15. The third kappa shape index (κ3) is 7.15. The first-order valence-electron chi connectivity index (χ1n) is 9.90. The van der Waals surface area contributed by atoms with Crippen molar-refractivity contribution in [1.82, 2.24) is 20.0 Å². The van der Waals surface area contributed by atoms with E-state index in [1.165, 1.54) is 6.42 Å². The maximum Gasteiger partial charge on any atom is 1.00 e. The fraction of sp³-hybridized carbons (Fsp3) is 0.895. The van der Waals surface area contributed by atoms with Crippen LogP contribution in [0.3, 0.4) is 0 Å². The minimum absolute atomic E-state index is 0. The molecule has 144 valence electrons. The number of fused-ring (bicyclic) bond motifs is 1. The fourth-order valence-corrected chi connectivity index (χ4v) is 4.21. The van der Waals surface area contributed by atoms with E-state index in [-0.39, 0.29) is 63.3 Å². The number of piperazine rings is 1. The molecule has 0 radical (unpaired) electrons. The van der Waals surface area contributed by atoms with Crippen molar-refractivity contribution in [3.63, 3.8) is 0 Å². The van der Waals surface area contributed by atoms with E-state index in [1.54, 1.807) is 0 Å². The van der Waals surface area contributed by atoms with Crippen molar-refractivity contribution in [3.05, 3.63) is 0 Å². The largest absolute Gasteiger partial charge is 1.00 e. The molecule has 3 atom stereocenters. The van der Waals surface area contributed by atoms with Crippen LogP contribution in [0.4, 0.5) is 0 Å². The summed E-state index contributed by atoms with van der Waals surface area (Å²) in [4.78, 5) is 29.7. The predicted molar refractivity (Wildman–Crippen MR) is 99.9 cm³/mol. The summed E-state index contributed by atoms with van der Waals surface area (Å²) in [6, 6.07) is 0.220. The first kappa shape index (κ1) is 24.5. The van der Waals surface area contributed by atoms with Gasteiger partial charge in [-0.25, -0.2) is 0 Å². The second-order valence-corrected chi connectivity index (χ2v) is 7.75. The summed E-state index contributed by atoms with van der Waals surface area (Å²) in [6.07, 6.45) is 5.85. The minimum Gasteiger partial charge on any atom is -0.527 e. The molecule has 2 aliphatic heterocycles. The molecule has 1 aliphatic carbocycles. The van der Waals surface area contributed by atoms with Crippen LogP contribution in [-0.4, -0.2) is 85.9 Å². The first-order valence-corrected chi connectivity index (χ1v) is 9.90. The van der Waals surface area contributed by atoms with E-state index in [0.29, 0.717) is 18.3 Å². The van der Waals surface area contributed by atoms with Gasteiger partial charge in [0.2, 0.25) is 5.91 Å². The number of nitrogens with zero attached hydrogens (tertiary/aromatic N) is 3. The Morgan fingerprint density at radius 1 is 1.12 bits per heavy atom. The van der Waals surface area contributed by atoms with Gasteiger partial charge < -0.3 is 24.8 Å². The molecular weight excluding hydrogens is 355 g/mol. The van der Waals surface area contributed by atoms with Crippen molar-refractivity contribution < 1.29 is 61.0 Å². The van der Waals surface area contributed by atoms with Crippen molar-refractivity contribution in [2.24, 2.45) is 11.8 Å². The van der Waals surface area contributed by atoms with E-state index in [2.05, 4.69) is 36.0 Å². The van der Waals surface area contributed by atoms with Gasteiger partial charge >= 0.3 is 51.4 Å². The summed E-state index contributed by atoms with van der Waals surface area (Å²) in [5.41, 5.74) is 0. The third-order valence-corrected chi connectivity index (χ3v) is 5.69. The van der Waals surface area contributed by atoms with E-state index in [9.17, 15) is 9.59 Å². The zero-order chi connectivity index (χ0) is 18.2. The van der Waals surface area contributed by atoms with Crippen LogP contribution in [0.2, 0.25) is 0 Å². The van der Waals surface area contributed by atoms with Crippen LogP contribution in [0.25, 0.3) is 0 Å². The molecule has 26 heavy (non-hydrogen) atoms. The third-order valence-electron chi connectivity index (χ3n) is 5.69. The number of hydrogen-bond donors (Lipinski definition) is 1. The molecule has 2 heterocycles. The minimum atomic E-state index is 0. The molecule has 3 unspecified atom stereocenters. The first-order chi connectivity index (χ1) is 12.1. The van der Waals surface area contributed by atoms with E-state index in [1.807, 2.05) is 11.3 Å². The van der Waals surface area contributed by atoms with Crippen LogP contribution in [0, 0.1) is 11.8 Å². The molecule has 0 aromatic rings. The second-order valence-electron chi connectivity index (χ2n) is 7.75. The van der Waals surface area contributed by atoms with Gasteiger partial charge in [-0.1, -0.05) is 20.3 Å². The van der Waals surface area contributed by atoms with Crippen molar-refractivity contribution in [2.75, 3.05) is 52.9 Å². The predicted octanol–water partition coefficient (Wildman–Crippen LogP) is -2.06. The monoisotopic (exact) mass is 390 g/mol. The maximum atomic E-state index is 12.4. The van der Waals surface area contributed by atoms with Crippen LogP contribution < -0.4 is 56.7 Å². The van der Waals surface area contributed by atoms with Gasteiger partial charge in [-0.3, -0.25) is 4.79 Å². The van der Waals surface area contributed by atoms with Crippen LogP contribution in [0.15, 0.2) is 0 Å². The summed E-state index contributed by atoms with van der Waals surface area (Å²) >= 11 is 0. The SMILES string of the molecule is CCC.CN1CCN(CCC(=O)N2CC3CCC(N[C-]=O)C3C2)CC1.[K+]. The molecule has 0 bridgehead atoms. The van der Waals surface area contributed by atoms with Gasteiger partial charge in [-0.05, 0) is 31.7 Å². The van der Waals surface area contributed by atoms with Crippen LogP contribution in [0.5, 0.6) is 0 Å². The topological polar surface area (TPSA) is 55.9 Å². The number of amides is 2. The maximum absolute atomic E-state index is 12.4. The number of likely N-dealkylation sites (N-methyl/N-ethyl adjacent to an activating group) is 1. The van der Waals surface area contributed by atoms with Gasteiger partial charge in [-0.15, -0.1) is 0 Å². The smallest absolute Gasteiger partial charge is 0.527 e. The number of rotatable bonds is 5. The van der Waals surface area contributed by atoms with Gasteiger partial charge in [0.25, 0.3) is 0 Å². The summed E-state index contributed by atoms with van der Waals surface area (Å²) in [5.74, 6) is 1.29. The Bertz CT molecular complexity index is 430. The molecule has 3 rings (SSSR count). The van der Waals surface area contributed by atoms with Gasteiger partial charge in [0.05, 0.1) is 0 Å². The van der Waals surface area contributed by atoms with Crippen LogP contribution in [-0.2, 0) is 9.59 Å². The molecule has 3 aliphatic rings. The molecule has 1 saturated carbocycles. The Morgan fingerprint density at radius 2 is 1.77 bits per heavy atom. The van der Waals surface area contributed by atoms with Crippen molar-refractivity contribution >= 4 is 12.3 Å². The van der Waals surface area contributed by atoms with Gasteiger partial charge in [0.15, 0.2) is 0 Å². The summed E-state index contributed by atoms with van der Waals surface area (Å²) in [5, 5.41) is 2.81. The number of likely N-dealkylation sites (tertiary alicyclic amines) is 1. The van der Waals surface area contributed by atoms with E-state index in [4.69, 9.17) is 0 Å². The van der Waals surface area contributed by atoms with E-state index in [0.717, 1.165) is 58.7 Å². The molecule has 0 aromatic carbocycles. The van der Waals surface area contributed by atoms with Gasteiger partial charge in [-0.2, -0.15) is 6.41 Å². The second kappa shape index (κ2) is 12.9. The number of carbonyl (C=O) groups excluding carboxylic acids is 2. The molecular formula is C19H35KN4O2. The van der Waals surface area contributed by atoms with E-state index >= 15 is 0 Å². The molecule has 7 heteroatoms. The number of hydrogen-bond acceptors (Lipinski definition) is 4. The average molecular weight is 391 g/mol. The average Bonchev–Trinajstić information content (AvgIpc) is 3.17. The molecule has 6 nitrogen and oxygen atoms in total. The molecule has 0 aromatic heterocycles. The Labute approximate surface area is 201 Å². The van der Waals surface area contributed by atoms with Crippen LogP contribution >= 0.6 is 0 Å². The van der Waals surface area contributed by atoms with Crippen LogP contribution in [0.1, 0.15) is 39.5 Å². The van der Waals surface area contributed by atoms with Crippen molar-refractivity contribution in [2.45, 2.75) is 45.6 Å². The van der Waals surface area contributed by atoms with E-state index < -0.39 is 0 Å². The van der Waals surface area contributed by atoms with Crippen molar-refractivity contribution in [3.8, 4) is 0 Å². The summed E-state index contributed by atoms with van der Waals surface area (Å²) in [6.45, 7) is 11.1. The molecule has 0 spiro atoms. The fourth-order valence-electron chi connectivity index (χ4n) is 4.21. The van der Waals surface area contributed by atoms with Crippen molar-refractivity contribution in [1.29, 1.82) is 0 Å². The zero-order valence-corrected chi connectivity index (χ0v) is 20.3. The Balaban J connectivity index is 0.000000791. The molecule has 1 N–H and O–H groups in total. The standard InChI is InChI=1S/C16H27N4O2.C3H8.K/c1-18-6-8-19(9-7-18)5-4-16(22)20-10-13-2-3-15(17-12-21)14(13)11-20;1-3-2;/h13-15H,2-11H2,1H3,(H,17,21);3H2,1-2H3;/q-1;;+1. The zero-order valence-electron chi connectivity index (χ0n) is 17.2. The molecule has 2 saturated heterocycles. The number of nitrogens with one attached hydrogen (secondary N) is 1. The quantitative estimate of drug-likeness (QED) is 0.333. The number of carbonyl (C=O) groups is 1. The van der Waals surface area contributed by atoms with Gasteiger partial charge in [0.1, 0.15) is 0 Å². The Morgan fingerprint density at radius 3 is 2.38 bits per heavy atom. The Kier molecular flexibility index (Phi) is 12.1. The normalized spacial score (nSPS) is 28.6.